The monoisotopic (exact) mass is 348 g/mol. The van der Waals surface area contributed by atoms with Gasteiger partial charge in [-0.15, -0.1) is 0 Å². The van der Waals surface area contributed by atoms with Crippen LogP contribution < -0.4 is 4.74 Å². The van der Waals surface area contributed by atoms with Gasteiger partial charge in [-0.05, 0) is 58.7 Å². The first-order valence-corrected chi connectivity index (χ1v) is 8.77. The maximum Gasteiger partial charge on any atom is 0.466 e. The standard InChI is InChI=1S/C19H29BO5/c1-8-23-17(21)12-15(14-10-9-13(2)16(11-14)22-7)20-24-18(3,4)19(5,6)25-20/h9-11,15H,8,12H2,1-7H3. The number of carbonyl (C=O) groups excluding carboxylic acids is 1. The maximum absolute atomic E-state index is 12.2. The zero-order valence-corrected chi connectivity index (χ0v) is 16.3. The lowest BCUT2D eigenvalue weighted by molar-refractivity contribution is -0.143. The van der Waals surface area contributed by atoms with Crippen molar-refractivity contribution in [3.63, 3.8) is 0 Å². The summed E-state index contributed by atoms with van der Waals surface area (Å²) >= 11 is 0. The van der Waals surface area contributed by atoms with Crippen molar-refractivity contribution in [1.82, 2.24) is 0 Å². The van der Waals surface area contributed by atoms with Crippen LogP contribution in [-0.2, 0) is 18.8 Å². The zero-order valence-electron chi connectivity index (χ0n) is 16.3. The molecule has 0 spiro atoms. The molecule has 0 aliphatic carbocycles. The van der Waals surface area contributed by atoms with E-state index in [1.54, 1.807) is 14.0 Å². The summed E-state index contributed by atoms with van der Waals surface area (Å²) in [6, 6.07) is 5.93. The van der Waals surface area contributed by atoms with Gasteiger partial charge >= 0.3 is 13.1 Å². The predicted octanol–water partition coefficient (Wildman–Crippen LogP) is 3.67. The SMILES string of the molecule is CCOC(=O)CC(B1OC(C)(C)C(C)(C)O1)c1ccc(C)c(OC)c1. The van der Waals surface area contributed by atoms with Gasteiger partial charge in [-0.25, -0.2) is 0 Å². The number of carbonyl (C=O) groups is 1. The lowest BCUT2D eigenvalue weighted by atomic mass is 9.66. The normalized spacial score (nSPS) is 19.6. The van der Waals surface area contributed by atoms with E-state index in [0.717, 1.165) is 16.9 Å². The highest BCUT2D eigenvalue weighted by atomic mass is 16.7. The van der Waals surface area contributed by atoms with Gasteiger partial charge in [0, 0.05) is 5.82 Å². The van der Waals surface area contributed by atoms with Crippen molar-refractivity contribution >= 4 is 13.1 Å². The average molecular weight is 348 g/mol. The third-order valence-electron chi connectivity index (χ3n) is 5.15. The van der Waals surface area contributed by atoms with Crippen LogP contribution in [0.25, 0.3) is 0 Å². The Labute approximate surface area is 151 Å². The summed E-state index contributed by atoms with van der Waals surface area (Å²) in [5, 5.41) is 0. The molecule has 1 aliphatic rings. The Hall–Kier alpha value is -1.53. The Morgan fingerprint density at radius 2 is 1.80 bits per heavy atom. The van der Waals surface area contributed by atoms with Crippen LogP contribution in [0.2, 0.25) is 0 Å². The van der Waals surface area contributed by atoms with Crippen LogP contribution in [0.5, 0.6) is 5.75 Å². The lowest BCUT2D eigenvalue weighted by Gasteiger charge is -2.32. The second-order valence-corrected chi connectivity index (χ2v) is 7.47. The van der Waals surface area contributed by atoms with Crippen molar-refractivity contribution < 1.29 is 23.6 Å². The summed E-state index contributed by atoms with van der Waals surface area (Å²) in [4.78, 5) is 12.2. The molecule has 0 bridgehead atoms. The number of ether oxygens (including phenoxy) is 2. The molecule has 25 heavy (non-hydrogen) atoms. The topological polar surface area (TPSA) is 54.0 Å². The summed E-state index contributed by atoms with van der Waals surface area (Å²) in [5.41, 5.74) is 1.06. The molecule has 1 aromatic rings. The highest BCUT2D eigenvalue weighted by Gasteiger charge is 2.54. The van der Waals surface area contributed by atoms with Crippen molar-refractivity contribution in [2.45, 2.75) is 65.0 Å². The van der Waals surface area contributed by atoms with Crippen LogP contribution in [0, 0.1) is 6.92 Å². The first kappa shape index (κ1) is 19.8. The van der Waals surface area contributed by atoms with Crippen LogP contribution in [0.15, 0.2) is 18.2 Å². The minimum Gasteiger partial charge on any atom is -0.496 e. The second-order valence-electron chi connectivity index (χ2n) is 7.47. The number of hydrogen-bond acceptors (Lipinski definition) is 5. The number of esters is 1. The first-order chi connectivity index (χ1) is 11.6. The minimum atomic E-state index is -0.526. The van der Waals surface area contributed by atoms with Crippen LogP contribution in [-0.4, -0.2) is 38.0 Å². The van der Waals surface area contributed by atoms with Gasteiger partial charge < -0.3 is 18.8 Å². The molecule has 0 radical (unpaired) electrons. The molecular weight excluding hydrogens is 319 g/mol. The number of hydrogen-bond donors (Lipinski definition) is 0. The quantitative estimate of drug-likeness (QED) is 0.580. The van der Waals surface area contributed by atoms with Crippen molar-refractivity contribution in [2.24, 2.45) is 0 Å². The summed E-state index contributed by atoms with van der Waals surface area (Å²) in [5.74, 6) is 0.249. The Bertz CT molecular complexity index is 610. The molecule has 1 heterocycles. The molecule has 1 aromatic carbocycles. The molecule has 1 saturated heterocycles. The summed E-state index contributed by atoms with van der Waals surface area (Å²) in [6.07, 6.45) is 0.191. The molecule has 5 nitrogen and oxygen atoms in total. The van der Waals surface area contributed by atoms with E-state index in [4.69, 9.17) is 18.8 Å². The van der Waals surface area contributed by atoms with Gasteiger partial charge in [0.25, 0.3) is 0 Å². The van der Waals surface area contributed by atoms with E-state index in [0.29, 0.717) is 6.61 Å². The molecule has 6 heteroatoms. The Balaban J connectivity index is 2.36. The summed E-state index contributed by atoms with van der Waals surface area (Å²) in [6.45, 7) is 12.2. The van der Waals surface area contributed by atoms with Crippen molar-refractivity contribution in [3.8, 4) is 5.75 Å². The Morgan fingerprint density at radius 3 is 2.32 bits per heavy atom. The van der Waals surface area contributed by atoms with E-state index < -0.39 is 18.3 Å². The smallest absolute Gasteiger partial charge is 0.466 e. The highest BCUT2D eigenvalue weighted by Crippen LogP contribution is 2.42. The Morgan fingerprint density at radius 1 is 1.20 bits per heavy atom. The van der Waals surface area contributed by atoms with Crippen molar-refractivity contribution in [3.05, 3.63) is 29.3 Å². The maximum atomic E-state index is 12.2. The number of aryl methyl sites for hydroxylation is 1. The van der Waals surface area contributed by atoms with E-state index in [-0.39, 0.29) is 18.2 Å². The summed E-state index contributed by atoms with van der Waals surface area (Å²) in [7, 11) is 1.11. The molecule has 1 atom stereocenters. The van der Waals surface area contributed by atoms with Gasteiger partial charge in [0.1, 0.15) is 5.75 Å². The Kier molecular flexibility index (Phi) is 5.84. The van der Waals surface area contributed by atoms with E-state index in [9.17, 15) is 4.79 Å². The summed E-state index contributed by atoms with van der Waals surface area (Å²) < 4.78 is 23.0. The molecule has 1 fully saturated rings. The third-order valence-corrected chi connectivity index (χ3v) is 5.15. The fourth-order valence-electron chi connectivity index (χ4n) is 2.89. The molecule has 1 aliphatic heterocycles. The number of benzene rings is 1. The van der Waals surface area contributed by atoms with Crippen LogP contribution in [0.3, 0.4) is 0 Å². The largest absolute Gasteiger partial charge is 0.496 e. The zero-order chi connectivity index (χ0) is 18.8. The molecule has 1 unspecified atom stereocenters. The molecule has 0 saturated carbocycles. The molecule has 138 valence electrons. The van der Waals surface area contributed by atoms with Crippen LogP contribution in [0.1, 0.15) is 58.0 Å². The van der Waals surface area contributed by atoms with Crippen LogP contribution >= 0.6 is 0 Å². The van der Waals surface area contributed by atoms with Crippen molar-refractivity contribution in [2.75, 3.05) is 13.7 Å². The molecular formula is C19H29BO5. The van der Waals surface area contributed by atoms with E-state index in [2.05, 4.69) is 0 Å². The van der Waals surface area contributed by atoms with Gasteiger partial charge in [0.15, 0.2) is 0 Å². The third kappa shape index (κ3) is 4.18. The minimum absolute atomic E-state index is 0.191. The fraction of sp³-hybridized carbons (Fsp3) is 0.632. The second kappa shape index (κ2) is 7.38. The van der Waals surface area contributed by atoms with Gasteiger partial charge in [0.2, 0.25) is 0 Å². The van der Waals surface area contributed by atoms with E-state index in [1.165, 1.54) is 0 Å². The van der Waals surface area contributed by atoms with E-state index >= 15 is 0 Å². The van der Waals surface area contributed by atoms with Gasteiger partial charge in [-0.3, -0.25) is 4.79 Å². The lowest BCUT2D eigenvalue weighted by Crippen LogP contribution is -2.41. The highest BCUT2D eigenvalue weighted by molar-refractivity contribution is 6.48. The number of methoxy groups -OCH3 is 1. The molecule has 0 amide bonds. The van der Waals surface area contributed by atoms with Gasteiger partial charge in [-0.1, -0.05) is 12.1 Å². The van der Waals surface area contributed by atoms with E-state index in [1.807, 2.05) is 52.8 Å². The van der Waals surface area contributed by atoms with Crippen LogP contribution in [0.4, 0.5) is 0 Å². The predicted molar refractivity (Wildman–Crippen MR) is 97.8 cm³/mol. The fourth-order valence-corrected chi connectivity index (χ4v) is 2.89. The molecule has 2 rings (SSSR count). The average Bonchev–Trinajstić information content (AvgIpc) is 2.74. The molecule has 0 aromatic heterocycles. The van der Waals surface area contributed by atoms with Crippen molar-refractivity contribution in [1.29, 1.82) is 0 Å². The number of rotatable bonds is 6. The van der Waals surface area contributed by atoms with Gasteiger partial charge in [-0.2, -0.15) is 0 Å². The first-order valence-electron chi connectivity index (χ1n) is 8.77. The van der Waals surface area contributed by atoms with Gasteiger partial charge in [0.05, 0.1) is 31.3 Å². The molecule has 0 N–H and O–H groups in total.